The van der Waals surface area contributed by atoms with Gasteiger partial charge in [0.2, 0.25) is 11.8 Å². The highest BCUT2D eigenvalue weighted by atomic mass is 35.5. The average Bonchev–Trinajstić information content (AvgIpc) is 2.75. The van der Waals surface area contributed by atoms with Crippen molar-refractivity contribution in [3.8, 4) is 0 Å². The molecule has 2 aliphatic heterocycles. The van der Waals surface area contributed by atoms with Gasteiger partial charge in [-0.15, -0.1) is 0 Å². The van der Waals surface area contributed by atoms with Crippen LogP contribution in [-0.4, -0.2) is 58.2 Å². The molecule has 3 heterocycles. The Balaban J connectivity index is 1.62. The largest absolute Gasteiger partial charge is 0.342 e. The zero-order valence-corrected chi connectivity index (χ0v) is 19.7. The Hall–Kier alpha value is -2.90. The van der Waals surface area contributed by atoms with Gasteiger partial charge in [-0.05, 0) is 36.1 Å². The van der Waals surface area contributed by atoms with Gasteiger partial charge >= 0.3 is 0 Å². The second-order valence-corrected chi connectivity index (χ2v) is 9.26. The molecule has 0 radical (unpaired) electrons. The quantitative estimate of drug-likeness (QED) is 0.624. The lowest BCUT2D eigenvalue weighted by molar-refractivity contribution is -0.146. The van der Waals surface area contributed by atoms with E-state index in [4.69, 9.17) is 23.2 Å². The molecule has 1 aromatic heterocycles. The first kappa shape index (κ1) is 23.3. The normalized spacial score (nSPS) is 19.0. The summed E-state index contributed by atoms with van der Waals surface area (Å²) in [5, 5.41) is 1.02. The minimum atomic E-state index is -0.670. The van der Waals surface area contributed by atoms with Crippen LogP contribution in [0.2, 0.25) is 10.0 Å². The van der Waals surface area contributed by atoms with E-state index >= 15 is 0 Å². The molecule has 1 atom stereocenters. The molecule has 4 rings (SSSR count). The molecule has 3 amide bonds. The van der Waals surface area contributed by atoms with Crippen LogP contribution >= 0.6 is 23.2 Å². The minimum Gasteiger partial charge on any atom is -0.342 e. The van der Waals surface area contributed by atoms with Crippen LogP contribution in [-0.2, 0) is 20.9 Å². The second-order valence-electron chi connectivity index (χ2n) is 8.38. The minimum absolute atomic E-state index is 0.0120. The van der Waals surface area contributed by atoms with Gasteiger partial charge in [0.05, 0.1) is 5.02 Å². The van der Waals surface area contributed by atoms with Crippen LogP contribution in [0.4, 0.5) is 5.82 Å². The standard InChI is InChI=1S/C24H24Cl2N4O3/c1-3-18-9-20(26)10-27-23(18)30-14-22(32)29(13-16-4-6-19(25)7-5-16)21(24(30)33)8-17-11-28(12-17)15(2)31/h3-7,9-10,17,21H,1,8,11-14H2,2H3. The predicted molar refractivity (Wildman–Crippen MR) is 128 cm³/mol. The molecule has 1 aromatic carbocycles. The Morgan fingerprint density at radius 1 is 1.18 bits per heavy atom. The summed E-state index contributed by atoms with van der Waals surface area (Å²) in [6.07, 6.45) is 3.49. The highest BCUT2D eigenvalue weighted by Gasteiger charge is 2.43. The first-order valence-electron chi connectivity index (χ1n) is 10.7. The number of benzene rings is 1. The molecule has 0 aliphatic carbocycles. The maximum absolute atomic E-state index is 13.7. The monoisotopic (exact) mass is 486 g/mol. The first-order valence-corrected chi connectivity index (χ1v) is 11.4. The number of halogens is 2. The van der Waals surface area contributed by atoms with Crippen molar-refractivity contribution in [3.63, 3.8) is 0 Å². The molecule has 1 unspecified atom stereocenters. The molecular formula is C24H24Cl2N4O3. The molecule has 0 N–H and O–H groups in total. The smallest absolute Gasteiger partial charge is 0.251 e. The van der Waals surface area contributed by atoms with Crippen molar-refractivity contribution >= 4 is 52.8 Å². The summed E-state index contributed by atoms with van der Waals surface area (Å²) >= 11 is 12.1. The molecule has 0 bridgehead atoms. The van der Waals surface area contributed by atoms with Crippen molar-refractivity contribution < 1.29 is 14.4 Å². The third kappa shape index (κ3) is 4.89. The number of aromatic nitrogens is 1. The third-order valence-corrected chi connectivity index (χ3v) is 6.56. The topological polar surface area (TPSA) is 73.8 Å². The number of carbonyl (C=O) groups excluding carboxylic acids is 3. The molecule has 0 saturated carbocycles. The number of hydrogen-bond donors (Lipinski definition) is 0. The van der Waals surface area contributed by atoms with Crippen LogP contribution in [0.5, 0.6) is 0 Å². The molecular weight excluding hydrogens is 463 g/mol. The fourth-order valence-electron chi connectivity index (χ4n) is 4.30. The van der Waals surface area contributed by atoms with E-state index in [0.29, 0.717) is 47.5 Å². The number of amides is 3. The first-order chi connectivity index (χ1) is 15.8. The summed E-state index contributed by atoms with van der Waals surface area (Å²) in [5.74, 6) is 0.132. The number of pyridine rings is 1. The SMILES string of the molecule is C=Cc1cc(Cl)cnc1N1CC(=O)N(Cc2ccc(Cl)cc2)C(CC2CN(C(C)=O)C2)C1=O. The lowest BCUT2D eigenvalue weighted by Gasteiger charge is -2.45. The summed E-state index contributed by atoms with van der Waals surface area (Å²) in [6.45, 7) is 6.65. The van der Waals surface area contributed by atoms with Gasteiger partial charge in [-0.25, -0.2) is 4.98 Å². The average molecular weight is 487 g/mol. The van der Waals surface area contributed by atoms with Gasteiger partial charge in [0, 0.05) is 43.3 Å². The van der Waals surface area contributed by atoms with E-state index < -0.39 is 6.04 Å². The Labute approximate surface area is 202 Å². The van der Waals surface area contributed by atoms with E-state index in [1.54, 1.807) is 34.1 Å². The van der Waals surface area contributed by atoms with Gasteiger partial charge in [0.25, 0.3) is 5.91 Å². The molecule has 172 valence electrons. The van der Waals surface area contributed by atoms with Crippen LogP contribution in [0.25, 0.3) is 6.08 Å². The highest BCUT2D eigenvalue weighted by Crippen LogP contribution is 2.31. The van der Waals surface area contributed by atoms with Gasteiger partial charge in [-0.1, -0.05) is 48.0 Å². The molecule has 0 spiro atoms. The number of likely N-dealkylation sites (tertiary alicyclic amines) is 1. The Kier molecular flexibility index (Phi) is 6.72. The molecule has 2 aromatic rings. The molecule has 2 aliphatic rings. The fourth-order valence-corrected chi connectivity index (χ4v) is 4.59. The molecule has 2 fully saturated rings. The number of hydrogen-bond acceptors (Lipinski definition) is 4. The van der Waals surface area contributed by atoms with Crippen molar-refractivity contribution in [2.45, 2.75) is 25.9 Å². The number of rotatable bonds is 6. The summed E-state index contributed by atoms with van der Waals surface area (Å²) in [5.41, 5.74) is 1.47. The van der Waals surface area contributed by atoms with Gasteiger partial charge in [0.15, 0.2) is 0 Å². The number of piperazine rings is 1. The summed E-state index contributed by atoms with van der Waals surface area (Å²) in [4.78, 5) is 47.7. The number of nitrogens with zero attached hydrogens (tertiary/aromatic N) is 4. The van der Waals surface area contributed by atoms with Crippen molar-refractivity contribution in [3.05, 3.63) is 64.3 Å². The van der Waals surface area contributed by atoms with Crippen molar-refractivity contribution in [2.24, 2.45) is 5.92 Å². The maximum atomic E-state index is 13.7. The van der Waals surface area contributed by atoms with Crippen LogP contribution in [0.15, 0.2) is 43.1 Å². The third-order valence-electron chi connectivity index (χ3n) is 6.10. The zero-order valence-electron chi connectivity index (χ0n) is 18.2. The van der Waals surface area contributed by atoms with E-state index in [-0.39, 0.29) is 30.2 Å². The summed E-state index contributed by atoms with van der Waals surface area (Å²) in [6, 6.07) is 8.22. The lowest BCUT2D eigenvalue weighted by atomic mass is 9.89. The van der Waals surface area contributed by atoms with E-state index in [0.717, 1.165) is 5.56 Å². The molecule has 2 saturated heterocycles. The molecule has 9 heteroatoms. The van der Waals surface area contributed by atoms with Crippen molar-refractivity contribution in [2.75, 3.05) is 24.5 Å². The van der Waals surface area contributed by atoms with Crippen LogP contribution in [0.3, 0.4) is 0 Å². The zero-order chi connectivity index (χ0) is 23.7. The number of anilines is 1. The Morgan fingerprint density at radius 2 is 1.88 bits per heavy atom. The summed E-state index contributed by atoms with van der Waals surface area (Å²) in [7, 11) is 0. The maximum Gasteiger partial charge on any atom is 0.251 e. The van der Waals surface area contributed by atoms with Gasteiger partial charge in [-0.2, -0.15) is 0 Å². The van der Waals surface area contributed by atoms with Gasteiger partial charge in [0.1, 0.15) is 18.4 Å². The van der Waals surface area contributed by atoms with Crippen LogP contribution in [0, 0.1) is 5.92 Å². The van der Waals surface area contributed by atoms with Crippen molar-refractivity contribution in [1.82, 2.24) is 14.8 Å². The van der Waals surface area contributed by atoms with E-state index in [1.165, 1.54) is 18.0 Å². The Morgan fingerprint density at radius 3 is 2.52 bits per heavy atom. The molecule has 7 nitrogen and oxygen atoms in total. The molecule has 33 heavy (non-hydrogen) atoms. The van der Waals surface area contributed by atoms with Crippen LogP contribution in [0.1, 0.15) is 24.5 Å². The van der Waals surface area contributed by atoms with Gasteiger partial charge < -0.3 is 9.80 Å². The predicted octanol–water partition coefficient (Wildman–Crippen LogP) is 3.64. The van der Waals surface area contributed by atoms with E-state index in [9.17, 15) is 14.4 Å². The Bertz CT molecular complexity index is 1100. The lowest BCUT2D eigenvalue weighted by Crippen LogP contribution is -2.62. The van der Waals surface area contributed by atoms with Gasteiger partial charge in [-0.3, -0.25) is 19.3 Å². The number of carbonyl (C=O) groups is 3. The summed E-state index contributed by atoms with van der Waals surface area (Å²) < 4.78 is 0. The van der Waals surface area contributed by atoms with E-state index in [2.05, 4.69) is 11.6 Å². The fraction of sp³-hybridized carbons (Fsp3) is 0.333. The second kappa shape index (κ2) is 9.53. The highest BCUT2D eigenvalue weighted by molar-refractivity contribution is 6.31. The van der Waals surface area contributed by atoms with Crippen molar-refractivity contribution in [1.29, 1.82) is 0 Å². The van der Waals surface area contributed by atoms with Crippen LogP contribution < -0.4 is 4.90 Å². The van der Waals surface area contributed by atoms with E-state index in [1.807, 2.05) is 12.1 Å².